The molecule has 2 N–H and O–H groups in total. The van der Waals surface area contributed by atoms with Crippen LogP contribution in [0.4, 0.5) is 4.39 Å². The van der Waals surface area contributed by atoms with Gasteiger partial charge in [0.05, 0.1) is 5.56 Å². The monoisotopic (exact) mass is 393 g/mol. The molecule has 2 aromatic carbocycles. The molecule has 0 aliphatic rings. The maximum Gasteiger partial charge on any atom is 0.254 e. The minimum absolute atomic E-state index is 0.0303. The van der Waals surface area contributed by atoms with Crippen LogP contribution >= 0.6 is 0 Å². The van der Waals surface area contributed by atoms with Gasteiger partial charge in [-0.15, -0.1) is 0 Å². The fourth-order valence-electron chi connectivity index (χ4n) is 2.57. The van der Waals surface area contributed by atoms with E-state index in [1.807, 2.05) is 12.1 Å². The van der Waals surface area contributed by atoms with E-state index in [2.05, 4.69) is 15.6 Å². The van der Waals surface area contributed by atoms with E-state index in [4.69, 9.17) is 4.74 Å². The third-order valence-electron chi connectivity index (χ3n) is 4.04. The Morgan fingerprint density at radius 3 is 2.48 bits per heavy atom. The summed E-state index contributed by atoms with van der Waals surface area (Å²) >= 11 is 0. The number of hydrogen-bond donors (Lipinski definition) is 2. The summed E-state index contributed by atoms with van der Waals surface area (Å²) in [5.41, 5.74) is 1.33. The normalized spacial score (nSPS) is 10.2. The van der Waals surface area contributed by atoms with Gasteiger partial charge in [-0.05, 0) is 36.4 Å². The number of aromatic nitrogens is 1. The Kier molecular flexibility index (Phi) is 6.89. The largest absolute Gasteiger partial charge is 0.489 e. The third kappa shape index (κ3) is 5.87. The van der Waals surface area contributed by atoms with Crippen molar-refractivity contribution < 1.29 is 18.7 Å². The van der Waals surface area contributed by atoms with E-state index in [-0.39, 0.29) is 24.6 Å². The maximum absolute atomic E-state index is 13.6. The van der Waals surface area contributed by atoms with Crippen LogP contribution in [0.1, 0.15) is 26.3 Å². The summed E-state index contributed by atoms with van der Waals surface area (Å²) in [5.74, 6) is -0.841. The standard InChI is InChI=1S/C22H20FN3O3/c23-20-9-2-1-8-19(20)22(28)26-12-11-25-21(27)17-6-3-7-18(13-17)29-15-16-5-4-10-24-14-16/h1-10,13-14H,11-12,15H2,(H,25,27)(H,26,28). The molecule has 0 aliphatic carbocycles. The minimum atomic E-state index is -0.586. The molecule has 3 aromatic rings. The first-order valence-corrected chi connectivity index (χ1v) is 9.06. The molecule has 1 aromatic heterocycles. The second-order valence-electron chi connectivity index (χ2n) is 6.17. The zero-order chi connectivity index (χ0) is 20.5. The molecule has 0 unspecified atom stereocenters. The summed E-state index contributed by atoms with van der Waals surface area (Å²) in [5, 5.41) is 5.28. The lowest BCUT2D eigenvalue weighted by atomic mass is 10.2. The molecule has 0 aliphatic heterocycles. The molecular formula is C22H20FN3O3. The van der Waals surface area contributed by atoms with Crippen molar-refractivity contribution in [2.45, 2.75) is 6.61 Å². The van der Waals surface area contributed by atoms with E-state index in [1.165, 1.54) is 18.2 Å². The predicted molar refractivity (Wildman–Crippen MR) is 106 cm³/mol. The molecule has 0 saturated heterocycles. The zero-order valence-corrected chi connectivity index (χ0v) is 15.6. The summed E-state index contributed by atoms with van der Waals surface area (Å²) in [6, 6.07) is 16.3. The van der Waals surface area contributed by atoms with Crippen molar-refractivity contribution in [1.82, 2.24) is 15.6 Å². The van der Waals surface area contributed by atoms with E-state index in [0.29, 0.717) is 17.9 Å². The van der Waals surface area contributed by atoms with Crippen LogP contribution in [0.25, 0.3) is 0 Å². The first kappa shape index (κ1) is 20.0. The third-order valence-corrected chi connectivity index (χ3v) is 4.04. The molecule has 0 radical (unpaired) electrons. The average molecular weight is 393 g/mol. The minimum Gasteiger partial charge on any atom is -0.489 e. The number of halogens is 1. The molecule has 1 heterocycles. The molecule has 2 amide bonds. The van der Waals surface area contributed by atoms with Crippen LogP contribution in [-0.2, 0) is 6.61 Å². The SMILES string of the molecule is O=C(NCCNC(=O)c1ccccc1F)c1cccc(OCc2cccnc2)c1. The number of rotatable bonds is 8. The second-order valence-corrected chi connectivity index (χ2v) is 6.17. The van der Waals surface area contributed by atoms with Gasteiger partial charge in [0, 0.05) is 36.6 Å². The summed E-state index contributed by atoms with van der Waals surface area (Å²) in [6.07, 6.45) is 3.40. The Morgan fingerprint density at radius 1 is 0.931 bits per heavy atom. The second kappa shape index (κ2) is 9.98. The van der Waals surface area contributed by atoms with E-state index >= 15 is 0 Å². The van der Waals surface area contributed by atoms with Crippen LogP contribution in [0.3, 0.4) is 0 Å². The van der Waals surface area contributed by atoms with Crippen molar-refractivity contribution in [3.05, 3.63) is 95.6 Å². The molecule has 0 fully saturated rings. The molecular weight excluding hydrogens is 373 g/mol. The fourth-order valence-corrected chi connectivity index (χ4v) is 2.57. The number of nitrogens with zero attached hydrogens (tertiary/aromatic N) is 1. The van der Waals surface area contributed by atoms with Crippen LogP contribution in [0, 0.1) is 5.82 Å². The number of benzene rings is 2. The summed E-state index contributed by atoms with van der Waals surface area (Å²) < 4.78 is 19.2. The van der Waals surface area contributed by atoms with Crippen molar-refractivity contribution in [3.8, 4) is 5.75 Å². The van der Waals surface area contributed by atoms with Gasteiger partial charge in [-0.1, -0.05) is 24.3 Å². The lowest BCUT2D eigenvalue weighted by Gasteiger charge is -2.10. The Hall–Kier alpha value is -3.74. The molecule has 29 heavy (non-hydrogen) atoms. The van der Waals surface area contributed by atoms with Crippen molar-refractivity contribution in [3.63, 3.8) is 0 Å². The molecule has 7 heteroatoms. The molecule has 148 valence electrons. The van der Waals surface area contributed by atoms with Crippen LogP contribution in [0.5, 0.6) is 5.75 Å². The van der Waals surface area contributed by atoms with Crippen molar-refractivity contribution in [2.24, 2.45) is 0 Å². The van der Waals surface area contributed by atoms with Gasteiger partial charge < -0.3 is 15.4 Å². The first-order chi connectivity index (χ1) is 14.1. The van der Waals surface area contributed by atoms with Gasteiger partial charge in [0.15, 0.2) is 0 Å². The fraction of sp³-hybridized carbons (Fsp3) is 0.136. The lowest BCUT2D eigenvalue weighted by molar-refractivity contribution is 0.0925. The van der Waals surface area contributed by atoms with Crippen molar-refractivity contribution in [2.75, 3.05) is 13.1 Å². The van der Waals surface area contributed by atoms with Crippen LogP contribution < -0.4 is 15.4 Å². The molecule has 3 rings (SSSR count). The van der Waals surface area contributed by atoms with Gasteiger partial charge in [0.1, 0.15) is 18.2 Å². The molecule has 6 nitrogen and oxygen atoms in total. The van der Waals surface area contributed by atoms with E-state index in [1.54, 1.807) is 42.7 Å². The first-order valence-electron chi connectivity index (χ1n) is 9.06. The van der Waals surface area contributed by atoms with Gasteiger partial charge >= 0.3 is 0 Å². The lowest BCUT2D eigenvalue weighted by Crippen LogP contribution is -2.35. The van der Waals surface area contributed by atoms with Gasteiger partial charge in [0.2, 0.25) is 0 Å². The Balaban J connectivity index is 1.46. The number of carbonyl (C=O) groups excluding carboxylic acids is 2. The highest BCUT2D eigenvalue weighted by molar-refractivity contribution is 5.95. The highest BCUT2D eigenvalue weighted by Crippen LogP contribution is 2.15. The maximum atomic E-state index is 13.6. The zero-order valence-electron chi connectivity index (χ0n) is 15.6. The molecule has 0 saturated carbocycles. The van der Waals surface area contributed by atoms with Crippen LogP contribution in [0.2, 0.25) is 0 Å². The smallest absolute Gasteiger partial charge is 0.254 e. The Bertz CT molecular complexity index is 980. The number of nitrogens with one attached hydrogen (secondary N) is 2. The summed E-state index contributed by atoms with van der Waals surface area (Å²) in [7, 11) is 0. The Morgan fingerprint density at radius 2 is 1.72 bits per heavy atom. The van der Waals surface area contributed by atoms with Crippen LogP contribution in [-0.4, -0.2) is 29.9 Å². The number of hydrogen-bond acceptors (Lipinski definition) is 4. The van der Waals surface area contributed by atoms with Crippen molar-refractivity contribution >= 4 is 11.8 Å². The highest BCUT2D eigenvalue weighted by atomic mass is 19.1. The Labute approximate surface area is 167 Å². The van der Waals surface area contributed by atoms with Gasteiger partial charge in [-0.3, -0.25) is 14.6 Å². The molecule has 0 bridgehead atoms. The highest BCUT2D eigenvalue weighted by Gasteiger charge is 2.10. The molecule has 0 spiro atoms. The quantitative estimate of drug-likeness (QED) is 0.577. The predicted octanol–water partition coefficient (Wildman–Crippen LogP) is 2.96. The van der Waals surface area contributed by atoms with E-state index in [9.17, 15) is 14.0 Å². The number of pyridine rings is 1. The van der Waals surface area contributed by atoms with Gasteiger partial charge in [-0.2, -0.15) is 0 Å². The number of carbonyl (C=O) groups is 2. The summed E-state index contributed by atoms with van der Waals surface area (Å²) in [6.45, 7) is 0.733. The number of ether oxygens (including phenoxy) is 1. The number of amides is 2. The van der Waals surface area contributed by atoms with Gasteiger partial charge in [-0.25, -0.2) is 4.39 Å². The van der Waals surface area contributed by atoms with Crippen molar-refractivity contribution in [1.29, 1.82) is 0 Å². The topological polar surface area (TPSA) is 80.3 Å². The van der Waals surface area contributed by atoms with E-state index < -0.39 is 11.7 Å². The summed E-state index contributed by atoms with van der Waals surface area (Å²) in [4.78, 5) is 28.2. The van der Waals surface area contributed by atoms with Gasteiger partial charge in [0.25, 0.3) is 11.8 Å². The van der Waals surface area contributed by atoms with E-state index in [0.717, 1.165) is 5.56 Å². The average Bonchev–Trinajstić information content (AvgIpc) is 2.76. The molecule has 0 atom stereocenters. The van der Waals surface area contributed by atoms with Crippen LogP contribution in [0.15, 0.2) is 73.1 Å².